The van der Waals surface area contributed by atoms with Crippen molar-refractivity contribution < 1.29 is 23.5 Å². The number of hydrogen-bond donors (Lipinski definition) is 0. The van der Waals surface area contributed by atoms with Gasteiger partial charge in [-0.05, 0) is 18.2 Å². The summed E-state index contributed by atoms with van der Waals surface area (Å²) in [5, 5.41) is 13.1. The number of benzene rings is 2. The van der Waals surface area contributed by atoms with Gasteiger partial charge in [0.1, 0.15) is 11.6 Å². The highest BCUT2D eigenvalue weighted by Gasteiger charge is 2.16. The highest BCUT2D eigenvalue weighted by Crippen LogP contribution is 2.39. The first-order valence-electron chi connectivity index (χ1n) is 7.76. The maximum Gasteiger partial charge on any atom is 0.272 e. The summed E-state index contributed by atoms with van der Waals surface area (Å²) in [6.07, 6.45) is 0. The molecule has 0 unspecified atom stereocenters. The Morgan fingerprint density at radius 1 is 1.19 bits per heavy atom. The zero-order valence-electron chi connectivity index (χ0n) is 14.5. The van der Waals surface area contributed by atoms with Crippen LogP contribution in [0.2, 0.25) is 0 Å². The van der Waals surface area contributed by atoms with Crippen LogP contribution in [0.4, 0.5) is 10.1 Å². The maximum absolute atomic E-state index is 13.9. The average Bonchev–Trinajstić information content (AvgIpc) is 3.14. The maximum atomic E-state index is 13.9. The number of ether oxygens (including phenoxy) is 3. The summed E-state index contributed by atoms with van der Waals surface area (Å²) >= 11 is 1.39. The second-order valence-electron chi connectivity index (χ2n) is 5.35. The Hall–Kier alpha value is -3.20. The fraction of sp³-hybridized carbons (Fsp3) is 0.167. The molecule has 0 radical (unpaired) electrons. The summed E-state index contributed by atoms with van der Waals surface area (Å²) in [5.41, 5.74) is 1.04. The van der Waals surface area contributed by atoms with E-state index in [0.29, 0.717) is 22.2 Å². The molecular weight excluding hydrogens is 375 g/mol. The van der Waals surface area contributed by atoms with E-state index in [1.165, 1.54) is 23.5 Å². The van der Waals surface area contributed by atoms with Crippen LogP contribution < -0.4 is 14.2 Å². The molecule has 0 aliphatic heterocycles. The van der Waals surface area contributed by atoms with Gasteiger partial charge in [0.25, 0.3) is 5.69 Å². The lowest BCUT2D eigenvalue weighted by Gasteiger charge is -2.10. The van der Waals surface area contributed by atoms with E-state index in [9.17, 15) is 14.5 Å². The van der Waals surface area contributed by atoms with Crippen molar-refractivity contribution in [3.05, 3.63) is 63.4 Å². The number of halogens is 1. The summed E-state index contributed by atoms with van der Waals surface area (Å²) in [7, 11) is 3.11. The van der Waals surface area contributed by atoms with Crippen LogP contribution in [0, 0.1) is 15.9 Å². The number of methoxy groups -OCH3 is 2. The molecule has 0 N–H and O–H groups in total. The fourth-order valence-electron chi connectivity index (χ4n) is 2.42. The van der Waals surface area contributed by atoms with Crippen molar-refractivity contribution in [3.8, 4) is 27.8 Å². The molecule has 27 heavy (non-hydrogen) atoms. The minimum absolute atomic E-state index is 0.0253. The molecule has 1 heterocycles. The van der Waals surface area contributed by atoms with Crippen molar-refractivity contribution in [1.29, 1.82) is 0 Å². The number of nitro benzene ring substituents is 1. The standard InChI is InChI=1S/C18H15FN2O5S/c1-24-16-5-3-4-13(17(16)25-2)18-20-11(10-27-18)9-26-15-7-6-12(21(22)23)8-14(15)19/h3-8,10H,9H2,1-2H3. The topological polar surface area (TPSA) is 83.7 Å². The molecule has 0 aliphatic rings. The molecule has 1 aromatic heterocycles. The van der Waals surface area contributed by atoms with Gasteiger partial charge >= 0.3 is 0 Å². The molecule has 2 aromatic carbocycles. The van der Waals surface area contributed by atoms with Gasteiger partial charge in [-0.1, -0.05) is 6.07 Å². The largest absolute Gasteiger partial charge is 0.493 e. The molecular formula is C18H15FN2O5S. The molecule has 3 rings (SSSR count). The van der Waals surface area contributed by atoms with Gasteiger partial charge in [-0.25, -0.2) is 9.37 Å². The summed E-state index contributed by atoms with van der Waals surface area (Å²) < 4.78 is 30.0. The van der Waals surface area contributed by atoms with Gasteiger partial charge in [0.2, 0.25) is 0 Å². The minimum Gasteiger partial charge on any atom is -0.493 e. The van der Waals surface area contributed by atoms with E-state index in [1.54, 1.807) is 25.7 Å². The number of para-hydroxylation sites is 1. The van der Waals surface area contributed by atoms with Gasteiger partial charge in [0.15, 0.2) is 23.1 Å². The number of nitro groups is 1. The highest BCUT2D eigenvalue weighted by molar-refractivity contribution is 7.13. The van der Waals surface area contributed by atoms with Gasteiger partial charge in [-0.2, -0.15) is 0 Å². The van der Waals surface area contributed by atoms with Crippen LogP contribution in [0.25, 0.3) is 10.6 Å². The number of thiazole rings is 1. The van der Waals surface area contributed by atoms with Crippen LogP contribution >= 0.6 is 11.3 Å². The first kappa shape index (κ1) is 18.6. The first-order chi connectivity index (χ1) is 13.0. The lowest BCUT2D eigenvalue weighted by atomic mass is 10.2. The van der Waals surface area contributed by atoms with Crippen LogP contribution in [0.5, 0.6) is 17.2 Å². The van der Waals surface area contributed by atoms with Crippen LogP contribution in [0.3, 0.4) is 0 Å². The molecule has 0 saturated heterocycles. The summed E-state index contributed by atoms with van der Waals surface area (Å²) in [6.45, 7) is 0.0253. The predicted octanol–water partition coefficient (Wildman–Crippen LogP) is 4.45. The lowest BCUT2D eigenvalue weighted by molar-refractivity contribution is -0.385. The van der Waals surface area contributed by atoms with Gasteiger partial charge in [-0.15, -0.1) is 11.3 Å². The van der Waals surface area contributed by atoms with Crippen molar-refractivity contribution in [1.82, 2.24) is 4.98 Å². The SMILES string of the molecule is COc1cccc(-c2nc(COc3ccc([N+](=O)[O-])cc3F)cs2)c1OC. The van der Waals surface area contributed by atoms with E-state index in [0.717, 1.165) is 11.6 Å². The highest BCUT2D eigenvalue weighted by atomic mass is 32.1. The number of hydrogen-bond acceptors (Lipinski definition) is 7. The van der Waals surface area contributed by atoms with Crippen molar-refractivity contribution in [2.45, 2.75) is 6.61 Å². The second-order valence-corrected chi connectivity index (χ2v) is 6.20. The molecule has 0 atom stereocenters. The summed E-state index contributed by atoms with van der Waals surface area (Å²) in [4.78, 5) is 14.5. The Morgan fingerprint density at radius 3 is 2.67 bits per heavy atom. The first-order valence-corrected chi connectivity index (χ1v) is 8.64. The summed E-state index contributed by atoms with van der Waals surface area (Å²) in [5.74, 6) is 0.294. The Labute approximate surface area is 158 Å². The van der Waals surface area contributed by atoms with Gasteiger partial charge in [0.05, 0.1) is 36.5 Å². The van der Waals surface area contributed by atoms with Crippen LogP contribution in [-0.4, -0.2) is 24.1 Å². The molecule has 0 bridgehead atoms. The lowest BCUT2D eigenvalue weighted by Crippen LogP contribution is -1.99. The monoisotopic (exact) mass is 390 g/mol. The van der Waals surface area contributed by atoms with Crippen molar-refractivity contribution in [2.24, 2.45) is 0 Å². The van der Waals surface area contributed by atoms with E-state index < -0.39 is 10.7 Å². The average molecular weight is 390 g/mol. The molecule has 7 nitrogen and oxygen atoms in total. The van der Waals surface area contributed by atoms with E-state index in [1.807, 2.05) is 12.1 Å². The van der Waals surface area contributed by atoms with Gasteiger partial charge < -0.3 is 14.2 Å². The third-order valence-corrected chi connectivity index (χ3v) is 4.61. The zero-order valence-corrected chi connectivity index (χ0v) is 15.3. The Bertz CT molecular complexity index is 976. The molecule has 0 amide bonds. The number of rotatable bonds is 7. The number of non-ortho nitro benzene ring substituents is 1. The Balaban J connectivity index is 1.77. The fourth-order valence-corrected chi connectivity index (χ4v) is 3.25. The quantitative estimate of drug-likeness (QED) is 0.438. The van der Waals surface area contributed by atoms with Crippen molar-refractivity contribution >= 4 is 17.0 Å². The van der Waals surface area contributed by atoms with Gasteiger partial charge in [0, 0.05) is 11.4 Å². The molecule has 140 valence electrons. The minimum atomic E-state index is -0.797. The molecule has 3 aromatic rings. The third kappa shape index (κ3) is 3.98. The zero-order chi connectivity index (χ0) is 19.4. The molecule has 9 heteroatoms. The van der Waals surface area contributed by atoms with Crippen LogP contribution in [0.1, 0.15) is 5.69 Å². The third-order valence-electron chi connectivity index (χ3n) is 3.69. The van der Waals surface area contributed by atoms with E-state index >= 15 is 0 Å². The van der Waals surface area contributed by atoms with Crippen LogP contribution in [0.15, 0.2) is 41.8 Å². The molecule has 0 fully saturated rings. The Kier molecular flexibility index (Phi) is 5.51. The summed E-state index contributed by atoms with van der Waals surface area (Å²) in [6, 6.07) is 8.72. The van der Waals surface area contributed by atoms with E-state index in [2.05, 4.69) is 4.98 Å². The van der Waals surface area contributed by atoms with Crippen molar-refractivity contribution in [2.75, 3.05) is 14.2 Å². The van der Waals surface area contributed by atoms with E-state index in [4.69, 9.17) is 14.2 Å². The van der Waals surface area contributed by atoms with Crippen LogP contribution in [-0.2, 0) is 6.61 Å². The number of aromatic nitrogens is 1. The second kappa shape index (κ2) is 8.00. The normalized spacial score (nSPS) is 10.5. The smallest absolute Gasteiger partial charge is 0.272 e. The number of nitrogens with zero attached hydrogens (tertiary/aromatic N) is 2. The Morgan fingerprint density at radius 2 is 2.00 bits per heavy atom. The molecule has 0 aliphatic carbocycles. The molecule has 0 saturated carbocycles. The van der Waals surface area contributed by atoms with Gasteiger partial charge in [-0.3, -0.25) is 10.1 Å². The molecule has 0 spiro atoms. The van der Waals surface area contributed by atoms with E-state index in [-0.39, 0.29) is 18.0 Å². The van der Waals surface area contributed by atoms with Crippen molar-refractivity contribution in [3.63, 3.8) is 0 Å². The predicted molar refractivity (Wildman–Crippen MR) is 98.0 cm³/mol.